The Bertz CT molecular complexity index is 604. The number of nitrogens with zero attached hydrogens (tertiary/aromatic N) is 2. The molecule has 0 spiro atoms. The van der Waals surface area contributed by atoms with Crippen molar-refractivity contribution in [2.45, 2.75) is 26.3 Å². The Balaban J connectivity index is 2.88. The minimum absolute atomic E-state index is 0.0783. The number of nitro benzene ring substituents is 1. The summed E-state index contributed by atoms with van der Waals surface area (Å²) in [6.45, 7) is 4.57. The lowest BCUT2D eigenvalue weighted by Crippen LogP contribution is -2.43. The third-order valence-electron chi connectivity index (χ3n) is 3.35. The van der Waals surface area contributed by atoms with Gasteiger partial charge in [0.25, 0.3) is 5.69 Å². The van der Waals surface area contributed by atoms with Crippen LogP contribution in [0.2, 0.25) is 5.02 Å². The number of carbonyl (C=O) groups excluding carboxylic acids is 1. The van der Waals surface area contributed by atoms with Crippen molar-refractivity contribution in [2.75, 3.05) is 18.4 Å². The van der Waals surface area contributed by atoms with E-state index in [2.05, 4.69) is 5.32 Å². The molecule has 0 aliphatic carbocycles. The molecule has 126 valence electrons. The van der Waals surface area contributed by atoms with Crippen LogP contribution >= 0.6 is 11.6 Å². The van der Waals surface area contributed by atoms with E-state index in [4.69, 9.17) is 11.6 Å². The van der Waals surface area contributed by atoms with Crippen molar-refractivity contribution in [3.8, 4) is 0 Å². The monoisotopic (exact) mass is 343 g/mol. The molecule has 2 N–H and O–H groups in total. The van der Waals surface area contributed by atoms with E-state index in [1.165, 1.54) is 12.1 Å². The first kappa shape index (κ1) is 18.9. The van der Waals surface area contributed by atoms with Crippen molar-refractivity contribution in [3.05, 3.63) is 33.3 Å². The molecule has 0 saturated heterocycles. The summed E-state index contributed by atoms with van der Waals surface area (Å²) < 4.78 is 0. The summed E-state index contributed by atoms with van der Waals surface area (Å²) in [6, 6.07) is 2.68. The number of amides is 1. The molecule has 0 heterocycles. The van der Waals surface area contributed by atoms with Crippen LogP contribution in [0.4, 0.5) is 11.4 Å². The van der Waals surface area contributed by atoms with Gasteiger partial charge in [-0.15, -0.1) is 0 Å². The minimum Gasteiger partial charge on any atom is -0.480 e. The Morgan fingerprint density at radius 1 is 1.39 bits per heavy atom. The molecule has 0 radical (unpaired) electrons. The molecule has 1 rings (SSSR count). The van der Waals surface area contributed by atoms with Gasteiger partial charge in [-0.1, -0.05) is 25.4 Å². The number of carboxylic acids is 1. The predicted molar refractivity (Wildman–Crippen MR) is 85.7 cm³/mol. The van der Waals surface area contributed by atoms with Crippen LogP contribution < -0.4 is 5.32 Å². The van der Waals surface area contributed by atoms with E-state index >= 15 is 0 Å². The smallest absolute Gasteiger partial charge is 0.321 e. The largest absolute Gasteiger partial charge is 0.480 e. The zero-order valence-electron chi connectivity index (χ0n) is 12.8. The second-order valence-electron chi connectivity index (χ2n) is 4.75. The van der Waals surface area contributed by atoms with Crippen LogP contribution in [-0.2, 0) is 9.59 Å². The van der Waals surface area contributed by atoms with Gasteiger partial charge in [0, 0.05) is 12.1 Å². The van der Waals surface area contributed by atoms with Crippen LogP contribution in [0.3, 0.4) is 0 Å². The number of rotatable bonds is 8. The second kappa shape index (κ2) is 8.44. The lowest BCUT2D eigenvalue weighted by atomic mass is 10.1. The molecule has 0 aliphatic rings. The lowest BCUT2D eigenvalue weighted by Gasteiger charge is -2.25. The Labute approximate surface area is 138 Å². The predicted octanol–water partition coefficient (Wildman–Crippen LogP) is 2.37. The SMILES string of the molecule is CCN(CC)C(CC(=O)Nc1cc([N+](=O)[O-])ccc1Cl)C(=O)O. The first-order chi connectivity index (χ1) is 10.8. The first-order valence-corrected chi connectivity index (χ1v) is 7.38. The number of nitrogens with one attached hydrogen (secondary N) is 1. The van der Waals surface area contributed by atoms with Gasteiger partial charge in [-0.25, -0.2) is 0 Å². The fourth-order valence-electron chi connectivity index (χ4n) is 2.14. The summed E-state index contributed by atoms with van der Waals surface area (Å²) in [4.78, 5) is 35.2. The van der Waals surface area contributed by atoms with E-state index in [0.29, 0.717) is 13.1 Å². The number of halogens is 1. The van der Waals surface area contributed by atoms with E-state index in [1.807, 2.05) is 0 Å². The van der Waals surface area contributed by atoms with E-state index < -0.39 is 22.8 Å². The van der Waals surface area contributed by atoms with Crippen LogP contribution in [0.5, 0.6) is 0 Å². The highest BCUT2D eigenvalue weighted by atomic mass is 35.5. The van der Waals surface area contributed by atoms with Crippen molar-refractivity contribution in [1.82, 2.24) is 4.90 Å². The molecule has 0 aromatic heterocycles. The number of carbonyl (C=O) groups is 2. The van der Waals surface area contributed by atoms with Gasteiger partial charge in [0.1, 0.15) is 6.04 Å². The van der Waals surface area contributed by atoms with Gasteiger partial charge in [-0.05, 0) is 19.2 Å². The van der Waals surface area contributed by atoms with Crippen LogP contribution in [0.15, 0.2) is 18.2 Å². The van der Waals surface area contributed by atoms with Gasteiger partial charge in [0.05, 0.1) is 22.1 Å². The normalized spacial score (nSPS) is 12.0. The number of hydrogen-bond donors (Lipinski definition) is 2. The Morgan fingerprint density at radius 3 is 2.48 bits per heavy atom. The number of carboxylic acid groups (broad SMARTS) is 1. The zero-order chi connectivity index (χ0) is 17.6. The average Bonchev–Trinajstić information content (AvgIpc) is 2.49. The summed E-state index contributed by atoms with van der Waals surface area (Å²) in [5.41, 5.74) is -0.141. The quantitative estimate of drug-likeness (QED) is 0.553. The highest BCUT2D eigenvalue weighted by molar-refractivity contribution is 6.33. The van der Waals surface area contributed by atoms with Crippen LogP contribution in [0.1, 0.15) is 20.3 Å². The molecule has 0 aliphatic heterocycles. The molecule has 23 heavy (non-hydrogen) atoms. The lowest BCUT2D eigenvalue weighted by molar-refractivity contribution is -0.384. The number of benzene rings is 1. The molecule has 8 nitrogen and oxygen atoms in total. The third-order valence-corrected chi connectivity index (χ3v) is 3.68. The number of hydrogen-bond acceptors (Lipinski definition) is 5. The Morgan fingerprint density at radius 2 is 2.00 bits per heavy atom. The number of non-ortho nitro benzene ring substituents is 1. The number of likely N-dealkylation sites (N-methyl/N-ethyl adjacent to an activating group) is 1. The fourth-order valence-corrected chi connectivity index (χ4v) is 2.30. The molecule has 1 amide bonds. The van der Waals surface area contributed by atoms with Gasteiger partial charge in [0.15, 0.2) is 0 Å². The summed E-state index contributed by atoms with van der Waals surface area (Å²) in [7, 11) is 0. The van der Waals surface area contributed by atoms with E-state index in [-0.39, 0.29) is 22.8 Å². The zero-order valence-corrected chi connectivity index (χ0v) is 13.5. The Hall–Kier alpha value is -2.19. The maximum Gasteiger partial charge on any atom is 0.321 e. The first-order valence-electron chi connectivity index (χ1n) is 7.00. The van der Waals surface area contributed by atoms with Gasteiger partial charge < -0.3 is 10.4 Å². The van der Waals surface area contributed by atoms with E-state index in [1.54, 1.807) is 18.7 Å². The van der Waals surface area contributed by atoms with Gasteiger partial charge in [0.2, 0.25) is 5.91 Å². The van der Waals surface area contributed by atoms with Crippen molar-refractivity contribution < 1.29 is 19.6 Å². The molecule has 1 aromatic carbocycles. The van der Waals surface area contributed by atoms with Crippen LogP contribution in [-0.4, -0.2) is 45.9 Å². The van der Waals surface area contributed by atoms with Gasteiger partial charge in [-0.2, -0.15) is 0 Å². The average molecular weight is 344 g/mol. The summed E-state index contributed by atoms with van der Waals surface area (Å²) in [6.07, 6.45) is -0.282. The molecule has 1 aromatic rings. The van der Waals surface area contributed by atoms with Crippen LogP contribution in [0, 0.1) is 10.1 Å². The van der Waals surface area contributed by atoms with E-state index in [0.717, 1.165) is 6.07 Å². The van der Waals surface area contributed by atoms with Crippen LogP contribution in [0.25, 0.3) is 0 Å². The molecule has 1 unspecified atom stereocenters. The van der Waals surface area contributed by atoms with Gasteiger partial charge >= 0.3 is 5.97 Å². The minimum atomic E-state index is -1.10. The summed E-state index contributed by atoms with van der Waals surface area (Å²) in [5.74, 6) is -1.68. The molecule has 1 atom stereocenters. The summed E-state index contributed by atoms with van der Waals surface area (Å²) >= 11 is 5.90. The third kappa shape index (κ3) is 5.19. The van der Waals surface area contributed by atoms with Crippen molar-refractivity contribution in [2.24, 2.45) is 0 Å². The molecule has 0 saturated carbocycles. The summed E-state index contributed by atoms with van der Waals surface area (Å²) in [5, 5.41) is 22.6. The maximum atomic E-state index is 12.1. The molecule has 0 fully saturated rings. The maximum absolute atomic E-state index is 12.1. The highest BCUT2D eigenvalue weighted by Crippen LogP contribution is 2.27. The molecule has 0 bridgehead atoms. The Kier molecular flexibility index (Phi) is 6.92. The standard InChI is InChI=1S/C14H18ClN3O5/c1-3-17(4-2)12(14(20)21)8-13(19)16-11-7-9(18(22)23)5-6-10(11)15/h5-7,12H,3-4,8H2,1-2H3,(H,16,19)(H,20,21). The van der Waals surface area contributed by atoms with Gasteiger partial charge in [-0.3, -0.25) is 24.6 Å². The fraction of sp³-hybridized carbons (Fsp3) is 0.429. The van der Waals surface area contributed by atoms with Crippen molar-refractivity contribution in [3.63, 3.8) is 0 Å². The van der Waals surface area contributed by atoms with Crippen molar-refractivity contribution >= 4 is 34.9 Å². The topological polar surface area (TPSA) is 113 Å². The molecular weight excluding hydrogens is 326 g/mol. The number of aliphatic carboxylic acids is 1. The molecule has 9 heteroatoms. The van der Waals surface area contributed by atoms with Crippen molar-refractivity contribution in [1.29, 1.82) is 0 Å². The number of anilines is 1. The highest BCUT2D eigenvalue weighted by Gasteiger charge is 2.26. The number of nitro groups is 1. The molecular formula is C14H18ClN3O5. The second-order valence-corrected chi connectivity index (χ2v) is 5.16. The van der Waals surface area contributed by atoms with E-state index in [9.17, 15) is 24.8 Å².